The topological polar surface area (TPSA) is 111 Å². The van der Waals surface area contributed by atoms with Gasteiger partial charge in [-0.1, -0.05) is 35.5 Å². The normalized spacial score (nSPS) is 11.2. The standard InChI is InChI=1S/C18H14N4O4/c1-12(13-7-9-15(10-8-13)22(24)25)19-20-18(23)16-11-17(26-21-16)14-5-3-2-4-6-14/h2-11H,1H3,(H,20,23). The van der Waals surface area contributed by atoms with Gasteiger partial charge in [-0.3, -0.25) is 14.9 Å². The summed E-state index contributed by atoms with van der Waals surface area (Å²) in [5, 5.41) is 18.4. The van der Waals surface area contributed by atoms with Crippen LogP contribution in [0.3, 0.4) is 0 Å². The number of nitro groups is 1. The Morgan fingerprint density at radius 2 is 1.85 bits per heavy atom. The number of hydrogen-bond donors (Lipinski definition) is 1. The Bertz CT molecular complexity index is 962. The van der Waals surface area contributed by atoms with Crippen molar-refractivity contribution < 1.29 is 14.2 Å². The SMILES string of the molecule is CC(=NNC(=O)c1cc(-c2ccccc2)on1)c1ccc([N+](=O)[O-])cc1. The van der Waals surface area contributed by atoms with Crippen molar-refractivity contribution in [1.29, 1.82) is 0 Å². The van der Waals surface area contributed by atoms with Crippen LogP contribution in [0.1, 0.15) is 23.0 Å². The van der Waals surface area contributed by atoms with E-state index in [1.165, 1.54) is 18.2 Å². The van der Waals surface area contributed by atoms with E-state index in [0.717, 1.165) is 5.56 Å². The first kappa shape index (κ1) is 17.0. The van der Waals surface area contributed by atoms with E-state index >= 15 is 0 Å². The number of nitrogens with one attached hydrogen (secondary N) is 1. The zero-order chi connectivity index (χ0) is 18.5. The van der Waals surface area contributed by atoms with E-state index in [0.29, 0.717) is 17.0 Å². The van der Waals surface area contributed by atoms with Gasteiger partial charge in [-0.15, -0.1) is 0 Å². The predicted molar refractivity (Wildman–Crippen MR) is 94.7 cm³/mol. The predicted octanol–water partition coefficient (Wildman–Crippen LogP) is 3.40. The number of carbonyl (C=O) groups excluding carboxylic acids is 1. The molecule has 130 valence electrons. The number of nitrogens with zero attached hydrogens (tertiary/aromatic N) is 3. The van der Waals surface area contributed by atoms with Crippen LogP contribution in [0.5, 0.6) is 0 Å². The van der Waals surface area contributed by atoms with Crippen LogP contribution >= 0.6 is 0 Å². The first-order valence-corrected chi connectivity index (χ1v) is 7.66. The van der Waals surface area contributed by atoms with Gasteiger partial charge in [-0.05, 0) is 24.6 Å². The Kier molecular flexibility index (Phi) is 4.84. The highest BCUT2D eigenvalue weighted by Gasteiger charge is 2.13. The number of non-ortho nitro benzene ring substituents is 1. The first-order chi connectivity index (χ1) is 12.5. The molecule has 3 aromatic rings. The Hall–Kier alpha value is -3.81. The van der Waals surface area contributed by atoms with Crippen molar-refractivity contribution in [3.8, 4) is 11.3 Å². The van der Waals surface area contributed by atoms with Crippen LogP contribution in [0.4, 0.5) is 5.69 Å². The van der Waals surface area contributed by atoms with E-state index in [-0.39, 0.29) is 11.4 Å². The molecule has 1 N–H and O–H groups in total. The number of amides is 1. The molecule has 0 saturated carbocycles. The molecule has 0 unspecified atom stereocenters. The molecule has 0 radical (unpaired) electrons. The van der Waals surface area contributed by atoms with E-state index in [4.69, 9.17) is 4.52 Å². The number of hydrogen-bond acceptors (Lipinski definition) is 6. The van der Waals surface area contributed by atoms with Gasteiger partial charge >= 0.3 is 0 Å². The van der Waals surface area contributed by atoms with Crippen molar-refractivity contribution in [3.05, 3.63) is 82.0 Å². The summed E-state index contributed by atoms with van der Waals surface area (Å²) in [5.41, 5.74) is 4.44. The van der Waals surface area contributed by atoms with E-state index in [2.05, 4.69) is 15.7 Å². The second kappa shape index (κ2) is 7.39. The lowest BCUT2D eigenvalue weighted by molar-refractivity contribution is -0.384. The minimum Gasteiger partial charge on any atom is -0.355 e. The van der Waals surface area contributed by atoms with Gasteiger partial charge in [-0.2, -0.15) is 5.10 Å². The Morgan fingerprint density at radius 1 is 1.15 bits per heavy atom. The second-order valence-electron chi connectivity index (χ2n) is 5.38. The molecule has 2 aromatic carbocycles. The summed E-state index contributed by atoms with van der Waals surface area (Å²) < 4.78 is 5.18. The summed E-state index contributed by atoms with van der Waals surface area (Å²) in [6.07, 6.45) is 0. The molecule has 26 heavy (non-hydrogen) atoms. The van der Waals surface area contributed by atoms with Crippen LogP contribution in [0, 0.1) is 10.1 Å². The van der Waals surface area contributed by atoms with Crippen LogP contribution in [0.25, 0.3) is 11.3 Å². The fourth-order valence-electron chi connectivity index (χ4n) is 2.20. The van der Waals surface area contributed by atoms with Crippen LogP contribution in [-0.4, -0.2) is 21.7 Å². The average Bonchev–Trinajstić information content (AvgIpc) is 3.17. The Labute approximate surface area is 148 Å². The van der Waals surface area contributed by atoms with Gasteiger partial charge < -0.3 is 4.52 Å². The zero-order valence-electron chi connectivity index (χ0n) is 13.7. The number of aromatic nitrogens is 1. The lowest BCUT2D eigenvalue weighted by atomic mass is 10.1. The molecule has 1 aromatic heterocycles. The summed E-state index contributed by atoms with van der Waals surface area (Å²) in [6, 6.07) is 16.7. The molecule has 1 amide bonds. The minimum absolute atomic E-state index is 0.0124. The van der Waals surface area contributed by atoms with Crippen molar-refractivity contribution in [3.63, 3.8) is 0 Å². The highest BCUT2D eigenvalue weighted by Crippen LogP contribution is 2.19. The van der Waals surface area contributed by atoms with Gasteiger partial charge in [0.25, 0.3) is 11.6 Å². The molecule has 8 heteroatoms. The van der Waals surface area contributed by atoms with E-state index in [1.807, 2.05) is 30.3 Å². The highest BCUT2D eigenvalue weighted by molar-refractivity contribution is 6.00. The zero-order valence-corrected chi connectivity index (χ0v) is 13.7. The average molecular weight is 350 g/mol. The monoisotopic (exact) mass is 350 g/mol. The quantitative estimate of drug-likeness (QED) is 0.431. The molecule has 0 aliphatic heterocycles. The molecular weight excluding hydrogens is 336 g/mol. The third-order valence-electron chi connectivity index (χ3n) is 3.62. The van der Waals surface area contributed by atoms with Crippen molar-refractivity contribution in [2.45, 2.75) is 6.92 Å². The maximum absolute atomic E-state index is 12.1. The molecule has 0 saturated heterocycles. The van der Waals surface area contributed by atoms with E-state index < -0.39 is 10.8 Å². The number of hydrazone groups is 1. The fraction of sp³-hybridized carbons (Fsp3) is 0.0556. The van der Waals surface area contributed by atoms with Crippen LogP contribution in [0.2, 0.25) is 0 Å². The smallest absolute Gasteiger partial charge is 0.293 e. The molecule has 0 spiro atoms. The van der Waals surface area contributed by atoms with Gasteiger partial charge in [0, 0.05) is 23.8 Å². The second-order valence-corrected chi connectivity index (χ2v) is 5.38. The molecule has 1 heterocycles. The molecule has 0 aliphatic rings. The maximum Gasteiger partial charge on any atom is 0.293 e. The lowest BCUT2D eigenvalue weighted by Gasteiger charge is -2.01. The van der Waals surface area contributed by atoms with Crippen molar-refractivity contribution >= 4 is 17.3 Å². The lowest BCUT2D eigenvalue weighted by Crippen LogP contribution is -2.19. The van der Waals surface area contributed by atoms with Gasteiger partial charge in [0.15, 0.2) is 11.5 Å². The van der Waals surface area contributed by atoms with Crippen LogP contribution in [0.15, 0.2) is 70.3 Å². The van der Waals surface area contributed by atoms with Crippen molar-refractivity contribution in [1.82, 2.24) is 10.6 Å². The molecule has 0 aliphatic carbocycles. The molecule has 3 rings (SSSR count). The van der Waals surface area contributed by atoms with Gasteiger partial charge in [-0.25, -0.2) is 5.43 Å². The highest BCUT2D eigenvalue weighted by atomic mass is 16.6. The van der Waals surface area contributed by atoms with Gasteiger partial charge in [0.1, 0.15) is 0 Å². The van der Waals surface area contributed by atoms with Crippen molar-refractivity contribution in [2.75, 3.05) is 0 Å². The van der Waals surface area contributed by atoms with E-state index in [1.54, 1.807) is 19.1 Å². The fourth-order valence-corrected chi connectivity index (χ4v) is 2.20. The summed E-state index contributed by atoms with van der Waals surface area (Å²) in [7, 11) is 0. The molecule has 0 fully saturated rings. The number of benzene rings is 2. The van der Waals surface area contributed by atoms with Gasteiger partial charge in [0.2, 0.25) is 0 Å². The Morgan fingerprint density at radius 3 is 2.50 bits per heavy atom. The number of rotatable bonds is 5. The summed E-state index contributed by atoms with van der Waals surface area (Å²) in [5.74, 6) is -0.0380. The first-order valence-electron chi connectivity index (χ1n) is 7.66. The summed E-state index contributed by atoms with van der Waals surface area (Å²) >= 11 is 0. The summed E-state index contributed by atoms with van der Waals surface area (Å²) in [4.78, 5) is 22.3. The molecule has 0 bridgehead atoms. The summed E-state index contributed by atoms with van der Waals surface area (Å²) in [6.45, 7) is 1.68. The third-order valence-corrected chi connectivity index (χ3v) is 3.62. The number of nitro benzene ring substituents is 1. The third kappa shape index (κ3) is 3.81. The minimum atomic E-state index is -0.516. The van der Waals surface area contributed by atoms with Crippen LogP contribution in [-0.2, 0) is 0 Å². The Balaban J connectivity index is 1.69. The van der Waals surface area contributed by atoms with Gasteiger partial charge in [0.05, 0.1) is 10.6 Å². The number of carbonyl (C=O) groups is 1. The van der Waals surface area contributed by atoms with Crippen LogP contribution < -0.4 is 5.43 Å². The van der Waals surface area contributed by atoms with E-state index in [9.17, 15) is 14.9 Å². The maximum atomic E-state index is 12.1. The molecule has 0 atom stereocenters. The molecule has 8 nitrogen and oxygen atoms in total. The van der Waals surface area contributed by atoms with Crippen molar-refractivity contribution in [2.24, 2.45) is 5.10 Å². The molecular formula is C18H14N4O4. The largest absolute Gasteiger partial charge is 0.355 e.